The van der Waals surface area contributed by atoms with E-state index >= 15 is 0 Å². The van der Waals surface area contributed by atoms with Crippen molar-refractivity contribution in [3.8, 4) is 0 Å². The number of morpholine rings is 1. The molecule has 0 spiro atoms. The van der Waals surface area contributed by atoms with Crippen molar-refractivity contribution in [1.29, 1.82) is 0 Å². The summed E-state index contributed by atoms with van der Waals surface area (Å²) < 4.78 is 16.1. The fraction of sp³-hybridized carbons (Fsp3) is 1.00. The molecule has 18 heavy (non-hydrogen) atoms. The van der Waals surface area contributed by atoms with Gasteiger partial charge in [-0.15, -0.1) is 0 Å². The minimum atomic E-state index is -0.461. The summed E-state index contributed by atoms with van der Waals surface area (Å²) in [6.45, 7) is 9.25. The SMILES string of the molecule is COCC(C)OCC(O)CN1CC(C)OCC1C. The number of methoxy groups -OCH3 is 1. The van der Waals surface area contributed by atoms with Crippen LogP contribution in [0.2, 0.25) is 0 Å². The molecular formula is C13H27NO4. The van der Waals surface area contributed by atoms with Crippen molar-refractivity contribution in [1.82, 2.24) is 4.90 Å². The van der Waals surface area contributed by atoms with Crippen LogP contribution < -0.4 is 0 Å². The van der Waals surface area contributed by atoms with Gasteiger partial charge in [-0.25, -0.2) is 0 Å². The monoisotopic (exact) mass is 261 g/mol. The molecular weight excluding hydrogens is 234 g/mol. The zero-order valence-corrected chi connectivity index (χ0v) is 12.0. The van der Waals surface area contributed by atoms with E-state index < -0.39 is 6.10 Å². The molecule has 0 aromatic heterocycles. The minimum Gasteiger partial charge on any atom is -0.389 e. The first kappa shape index (κ1) is 15.9. The van der Waals surface area contributed by atoms with E-state index in [1.807, 2.05) is 6.92 Å². The molecule has 0 saturated carbocycles. The predicted molar refractivity (Wildman–Crippen MR) is 69.7 cm³/mol. The van der Waals surface area contributed by atoms with Gasteiger partial charge in [-0.05, 0) is 20.8 Å². The molecule has 1 heterocycles. The Hall–Kier alpha value is -0.200. The van der Waals surface area contributed by atoms with Gasteiger partial charge in [0.25, 0.3) is 0 Å². The van der Waals surface area contributed by atoms with Gasteiger partial charge in [0, 0.05) is 26.2 Å². The average molecular weight is 261 g/mol. The maximum Gasteiger partial charge on any atom is 0.0900 e. The zero-order chi connectivity index (χ0) is 13.5. The lowest BCUT2D eigenvalue weighted by atomic mass is 10.2. The molecule has 108 valence electrons. The third-order valence-electron chi connectivity index (χ3n) is 3.16. The Kier molecular flexibility index (Phi) is 7.11. The second-order valence-electron chi connectivity index (χ2n) is 5.20. The van der Waals surface area contributed by atoms with Crippen LogP contribution in [0.25, 0.3) is 0 Å². The van der Waals surface area contributed by atoms with E-state index in [4.69, 9.17) is 14.2 Å². The molecule has 0 bridgehead atoms. The largest absolute Gasteiger partial charge is 0.389 e. The summed E-state index contributed by atoms with van der Waals surface area (Å²) >= 11 is 0. The molecule has 0 amide bonds. The Morgan fingerprint density at radius 3 is 2.78 bits per heavy atom. The summed E-state index contributed by atoms with van der Waals surface area (Å²) in [6.07, 6.45) is -0.204. The molecule has 0 aliphatic carbocycles. The van der Waals surface area contributed by atoms with E-state index in [1.54, 1.807) is 7.11 Å². The number of aliphatic hydroxyl groups is 1. The van der Waals surface area contributed by atoms with Crippen molar-refractivity contribution in [3.63, 3.8) is 0 Å². The van der Waals surface area contributed by atoms with Gasteiger partial charge in [0.1, 0.15) is 0 Å². The normalized spacial score (nSPS) is 29.2. The molecule has 1 fully saturated rings. The maximum absolute atomic E-state index is 9.97. The van der Waals surface area contributed by atoms with Crippen LogP contribution >= 0.6 is 0 Å². The van der Waals surface area contributed by atoms with Crippen LogP contribution in [0, 0.1) is 0 Å². The zero-order valence-electron chi connectivity index (χ0n) is 12.0. The van der Waals surface area contributed by atoms with Crippen LogP contribution in [0.1, 0.15) is 20.8 Å². The fourth-order valence-corrected chi connectivity index (χ4v) is 2.11. The van der Waals surface area contributed by atoms with Crippen molar-refractivity contribution >= 4 is 0 Å². The lowest BCUT2D eigenvalue weighted by Gasteiger charge is -2.37. The van der Waals surface area contributed by atoms with Crippen LogP contribution in [-0.2, 0) is 14.2 Å². The summed E-state index contributed by atoms with van der Waals surface area (Å²) in [5, 5.41) is 9.97. The highest BCUT2D eigenvalue weighted by Gasteiger charge is 2.25. The summed E-state index contributed by atoms with van der Waals surface area (Å²) in [7, 11) is 1.65. The lowest BCUT2D eigenvalue weighted by Crippen LogP contribution is -2.50. The maximum atomic E-state index is 9.97. The Bertz CT molecular complexity index is 227. The highest BCUT2D eigenvalue weighted by molar-refractivity contribution is 4.77. The molecule has 0 radical (unpaired) electrons. The number of ether oxygens (including phenoxy) is 3. The van der Waals surface area contributed by atoms with Gasteiger partial charge in [-0.1, -0.05) is 0 Å². The second kappa shape index (κ2) is 8.07. The van der Waals surface area contributed by atoms with Crippen molar-refractivity contribution in [2.24, 2.45) is 0 Å². The van der Waals surface area contributed by atoms with Crippen molar-refractivity contribution in [2.75, 3.05) is 40.0 Å². The molecule has 1 rings (SSSR count). The van der Waals surface area contributed by atoms with Crippen molar-refractivity contribution in [2.45, 2.75) is 45.1 Å². The predicted octanol–water partition coefficient (Wildman–Crippen LogP) is 0.508. The minimum absolute atomic E-state index is 0.0192. The quantitative estimate of drug-likeness (QED) is 0.723. The van der Waals surface area contributed by atoms with Crippen molar-refractivity contribution in [3.05, 3.63) is 0 Å². The van der Waals surface area contributed by atoms with E-state index in [-0.39, 0.29) is 12.2 Å². The van der Waals surface area contributed by atoms with Crippen LogP contribution in [0.4, 0.5) is 0 Å². The number of aliphatic hydroxyl groups excluding tert-OH is 1. The number of hydrogen-bond acceptors (Lipinski definition) is 5. The van der Waals surface area contributed by atoms with E-state index in [0.29, 0.717) is 25.8 Å². The number of hydrogen-bond donors (Lipinski definition) is 1. The lowest BCUT2D eigenvalue weighted by molar-refractivity contribution is -0.0796. The summed E-state index contributed by atoms with van der Waals surface area (Å²) in [5.41, 5.74) is 0. The van der Waals surface area contributed by atoms with Gasteiger partial charge in [0.2, 0.25) is 0 Å². The molecule has 4 unspecified atom stereocenters. The Labute approximate surface area is 110 Å². The molecule has 1 saturated heterocycles. The van der Waals surface area contributed by atoms with Crippen LogP contribution in [-0.4, -0.2) is 74.4 Å². The van der Waals surface area contributed by atoms with Gasteiger partial charge < -0.3 is 19.3 Å². The number of nitrogens with zero attached hydrogens (tertiary/aromatic N) is 1. The average Bonchev–Trinajstić information content (AvgIpc) is 2.32. The molecule has 4 atom stereocenters. The molecule has 0 aromatic carbocycles. The fourth-order valence-electron chi connectivity index (χ4n) is 2.11. The first-order chi connectivity index (χ1) is 8.52. The first-order valence-electron chi connectivity index (χ1n) is 6.67. The van der Waals surface area contributed by atoms with E-state index in [1.165, 1.54) is 0 Å². The summed E-state index contributed by atoms with van der Waals surface area (Å²) in [6, 6.07) is 0.354. The standard InChI is InChI=1S/C13H27NO4/c1-10-7-17-11(2)5-14(10)6-13(15)9-18-12(3)8-16-4/h10-13,15H,5-9H2,1-4H3. The number of rotatable bonds is 7. The van der Waals surface area contributed by atoms with Crippen LogP contribution in [0.15, 0.2) is 0 Å². The van der Waals surface area contributed by atoms with Gasteiger partial charge in [-0.3, -0.25) is 4.90 Å². The van der Waals surface area contributed by atoms with Crippen LogP contribution in [0.3, 0.4) is 0 Å². The molecule has 5 heteroatoms. The van der Waals surface area contributed by atoms with Crippen molar-refractivity contribution < 1.29 is 19.3 Å². The Balaban J connectivity index is 2.23. The Morgan fingerprint density at radius 1 is 1.39 bits per heavy atom. The van der Waals surface area contributed by atoms with Gasteiger partial charge in [0.15, 0.2) is 0 Å². The molecule has 1 N–H and O–H groups in total. The third-order valence-corrected chi connectivity index (χ3v) is 3.16. The summed E-state index contributed by atoms with van der Waals surface area (Å²) in [5.74, 6) is 0. The smallest absolute Gasteiger partial charge is 0.0900 e. The Morgan fingerprint density at radius 2 is 2.11 bits per heavy atom. The second-order valence-corrected chi connectivity index (χ2v) is 5.20. The summed E-state index contributed by atoms with van der Waals surface area (Å²) in [4.78, 5) is 2.25. The highest BCUT2D eigenvalue weighted by atomic mass is 16.5. The van der Waals surface area contributed by atoms with Gasteiger partial charge in [-0.2, -0.15) is 0 Å². The third kappa shape index (κ3) is 5.63. The highest BCUT2D eigenvalue weighted by Crippen LogP contribution is 2.11. The number of β-amino-alcohol motifs (C(OH)–C–C–N with tert-alkyl or cyclic N) is 1. The van der Waals surface area contributed by atoms with Crippen LogP contribution in [0.5, 0.6) is 0 Å². The molecule has 1 aliphatic heterocycles. The molecule has 1 aliphatic rings. The molecule has 5 nitrogen and oxygen atoms in total. The molecule has 0 aromatic rings. The van der Waals surface area contributed by atoms with Gasteiger partial charge in [0.05, 0.1) is 38.1 Å². The first-order valence-corrected chi connectivity index (χ1v) is 6.67. The topological polar surface area (TPSA) is 51.2 Å². The van der Waals surface area contributed by atoms with E-state index in [0.717, 1.165) is 13.2 Å². The van der Waals surface area contributed by atoms with E-state index in [2.05, 4.69) is 18.7 Å². The van der Waals surface area contributed by atoms with E-state index in [9.17, 15) is 5.11 Å². The van der Waals surface area contributed by atoms with Gasteiger partial charge >= 0.3 is 0 Å².